The number of nitrogens with one attached hydrogen (secondary N) is 2. The van der Waals surface area contributed by atoms with Crippen molar-refractivity contribution in [2.75, 3.05) is 30.3 Å². The number of nitrogens with zero attached hydrogens (tertiary/aromatic N) is 4. The Hall–Kier alpha value is -3.68. The second kappa shape index (κ2) is 11.8. The van der Waals surface area contributed by atoms with Crippen LogP contribution >= 0.6 is 0 Å². The summed E-state index contributed by atoms with van der Waals surface area (Å²) < 4.78 is 47.3. The van der Waals surface area contributed by atoms with Gasteiger partial charge in [0, 0.05) is 44.7 Å². The average molecular weight is 539 g/mol. The fourth-order valence-electron chi connectivity index (χ4n) is 4.80. The lowest BCUT2D eigenvalue weighted by Crippen LogP contribution is -2.57. The number of halogens is 3. The standard InChI is InChI=1S/C24H29F3N6O5/c1-15(34)37-19-13-32(14-19)18-8-6-16(7-9-18)10-28-22-20(33(35)36)12-30-23(31-22)29-11-17-4-2-3-5-21(17)38-24(25,26)27/h2-5,12,16,18-19H,6-11,13-14H2,1H3,(H2,28,29,30,31)/t16-,18-. The number of ether oxygens (including phenoxy) is 2. The van der Waals surface area contributed by atoms with Gasteiger partial charge >= 0.3 is 18.0 Å². The molecule has 1 aliphatic carbocycles. The maximum absolute atomic E-state index is 12.7. The summed E-state index contributed by atoms with van der Waals surface area (Å²) >= 11 is 0. The summed E-state index contributed by atoms with van der Waals surface area (Å²) in [6, 6.07) is 6.09. The molecular weight excluding hydrogens is 509 g/mol. The predicted molar refractivity (Wildman–Crippen MR) is 131 cm³/mol. The smallest absolute Gasteiger partial charge is 0.460 e. The Bertz CT molecular complexity index is 1140. The van der Waals surface area contributed by atoms with E-state index in [-0.39, 0.29) is 47.4 Å². The predicted octanol–water partition coefficient (Wildman–Crippen LogP) is 4.11. The molecule has 0 spiro atoms. The number of para-hydroxylation sites is 1. The molecule has 1 saturated heterocycles. The first-order valence-electron chi connectivity index (χ1n) is 12.3. The molecule has 0 bridgehead atoms. The van der Waals surface area contributed by atoms with Crippen LogP contribution in [-0.2, 0) is 16.1 Å². The minimum absolute atomic E-state index is 0.0290. The van der Waals surface area contributed by atoms with E-state index in [0.717, 1.165) is 45.0 Å². The van der Waals surface area contributed by atoms with Gasteiger partial charge in [-0.3, -0.25) is 19.8 Å². The summed E-state index contributed by atoms with van der Waals surface area (Å²) in [5.41, 5.74) is -0.0680. The number of carbonyl (C=O) groups is 1. The summed E-state index contributed by atoms with van der Waals surface area (Å²) in [5, 5.41) is 17.4. The average Bonchev–Trinajstić information content (AvgIpc) is 2.83. The lowest BCUT2D eigenvalue weighted by molar-refractivity contribution is -0.384. The van der Waals surface area contributed by atoms with E-state index < -0.39 is 11.3 Å². The van der Waals surface area contributed by atoms with E-state index in [9.17, 15) is 28.1 Å². The summed E-state index contributed by atoms with van der Waals surface area (Å²) in [4.78, 5) is 32.4. The number of nitro groups is 1. The van der Waals surface area contributed by atoms with Gasteiger partial charge in [0.2, 0.25) is 11.8 Å². The van der Waals surface area contributed by atoms with Crippen LogP contribution in [0, 0.1) is 16.0 Å². The number of esters is 1. The van der Waals surface area contributed by atoms with Crippen molar-refractivity contribution in [3.8, 4) is 5.75 Å². The molecule has 14 heteroatoms. The second-order valence-electron chi connectivity index (χ2n) is 9.43. The zero-order valence-corrected chi connectivity index (χ0v) is 20.7. The molecule has 11 nitrogen and oxygen atoms in total. The number of anilines is 2. The highest BCUT2D eigenvalue weighted by Gasteiger charge is 2.36. The largest absolute Gasteiger partial charge is 0.573 e. The maximum Gasteiger partial charge on any atom is 0.573 e. The Morgan fingerprint density at radius 2 is 1.89 bits per heavy atom. The molecule has 1 aromatic heterocycles. The lowest BCUT2D eigenvalue weighted by Gasteiger charge is -2.45. The van der Waals surface area contributed by atoms with Gasteiger partial charge in [0.05, 0.1) is 4.92 Å². The van der Waals surface area contributed by atoms with Crippen LogP contribution in [0.2, 0.25) is 0 Å². The van der Waals surface area contributed by atoms with Gasteiger partial charge in [-0.15, -0.1) is 13.2 Å². The van der Waals surface area contributed by atoms with Gasteiger partial charge in [0.15, 0.2) is 0 Å². The first-order valence-corrected chi connectivity index (χ1v) is 12.3. The second-order valence-corrected chi connectivity index (χ2v) is 9.43. The van der Waals surface area contributed by atoms with E-state index in [2.05, 4.69) is 30.2 Å². The molecule has 206 valence electrons. The van der Waals surface area contributed by atoms with E-state index in [1.165, 1.54) is 25.1 Å². The molecule has 0 amide bonds. The SMILES string of the molecule is CC(=O)OC1CN([C@H]2CC[C@H](CNc3nc(NCc4ccccc4OC(F)(F)F)ncc3[N+](=O)[O-])CC2)C1. The number of benzene rings is 1. The van der Waals surface area contributed by atoms with Crippen LogP contribution in [0.25, 0.3) is 0 Å². The van der Waals surface area contributed by atoms with Crippen molar-refractivity contribution >= 4 is 23.4 Å². The molecule has 2 aromatic rings. The molecule has 0 unspecified atom stereocenters. The van der Waals surface area contributed by atoms with Crippen molar-refractivity contribution in [2.24, 2.45) is 5.92 Å². The molecule has 2 fully saturated rings. The number of carbonyl (C=O) groups excluding carboxylic acids is 1. The molecule has 38 heavy (non-hydrogen) atoms. The number of likely N-dealkylation sites (tertiary alicyclic amines) is 1. The van der Waals surface area contributed by atoms with Gasteiger partial charge in [-0.1, -0.05) is 18.2 Å². The van der Waals surface area contributed by atoms with Crippen LogP contribution < -0.4 is 15.4 Å². The molecule has 4 rings (SSSR count). The van der Waals surface area contributed by atoms with Crippen LogP contribution in [-0.4, -0.2) is 63.9 Å². The molecule has 0 radical (unpaired) electrons. The number of aromatic nitrogens is 2. The Morgan fingerprint density at radius 3 is 2.55 bits per heavy atom. The monoisotopic (exact) mass is 538 g/mol. The zero-order chi connectivity index (χ0) is 27.3. The van der Waals surface area contributed by atoms with Crippen LogP contribution in [0.1, 0.15) is 38.2 Å². The van der Waals surface area contributed by atoms with Gasteiger partial charge in [0.1, 0.15) is 18.1 Å². The van der Waals surface area contributed by atoms with Crippen molar-refractivity contribution in [3.63, 3.8) is 0 Å². The van der Waals surface area contributed by atoms with Gasteiger partial charge in [-0.05, 0) is 37.7 Å². The molecule has 2 aliphatic rings. The van der Waals surface area contributed by atoms with Crippen LogP contribution in [0.5, 0.6) is 5.75 Å². The minimum atomic E-state index is -4.84. The van der Waals surface area contributed by atoms with Crippen LogP contribution in [0.4, 0.5) is 30.6 Å². The van der Waals surface area contributed by atoms with Gasteiger partial charge in [-0.25, -0.2) is 4.98 Å². The highest BCUT2D eigenvalue weighted by atomic mass is 19.4. The maximum atomic E-state index is 12.7. The van der Waals surface area contributed by atoms with Crippen molar-refractivity contribution in [2.45, 2.75) is 57.7 Å². The third kappa shape index (κ3) is 7.43. The summed E-state index contributed by atoms with van der Waals surface area (Å²) in [5.74, 6) is -0.246. The van der Waals surface area contributed by atoms with E-state index in [1.54, 1.807) is 6.07 Å². The minimum Gasteiger partial charge on any atom is -0.460 e. The summed E-state index contributed by atoms with van der Waals surface area (Å²) in [7, 11) is 0. The Morgan fingerprint density at radius 1 is 1.18 bits per heavy atom. The highest BCUT2D eigenvalue weighted by Crippen LogP contribution is 2.32. The summed E-state index contributed by atoms with van der Waals surface area (Å²) in [6.45, 7) is 3.32. The van der Waals surface area contributed by atoms with E-state index in [0.29, 0.717) is 18.5 Å². The van der Waals surface area contributed by atoms with Gasteiger partial charge in [-0.2, -0.15) is 4.98 Å². The molecule has 1 aliphatic heterocycles. The van der Waals surface area contributed by atoms with Crippen LogP contribution in [0.3, 0.4) is 0 Å². The first-order chi connectivity index (χ1) is 18.1. The Labute approximate surface area is 216 Å². The number of alkyl halides is 3. The molecular formula is C24H29F3N6O5. The molecule has 2 heterocycles. The van der Waals surface area contributed by atoms with Crippen molar-refractivity contribution < 1.29 is 32.4 Å². The first kappa shape index (κ1) is 27.4. The molecule has 1 saturated carbocycles. The molecule has 1 aromatic carbocycles. The zero-order valence-electron chi connectivity index (χ0n) is 20.7. The highest BCUT2D eigenvalue weighted by molar-refractivity contribution is 5.66. The topological polar surface area (TPSA) is 132 Å². The third-order valence-electron chi connectivity index (χ3n) is 6.70. The molecule has 0 atom stereocenters. The van der Waals surface area contributed by atoms with Crippen molar-refractivity contribution in [1.82, 2.24) is 14.9 Å². The normalized spacial score (nSPS) is 20.3. The number of hydrogen-bond donors (Lipinski definition) is 2. The van der Waals surface area contributed by atoms with E-state index in [1.807, 2.05) is 0 Å². The van der Waals surface area contributed by atoms with Gasteiger partial charge < -0.3 is 20.1 Å². The Balaban J connectivity index is 1.31. The van der Waals surface area contributed by atoms with E-state index >= 15 is 0 Å². The fraction of sp³-hybridized carbons (Fsp3) is 0.542. The quantitative estimate of drug-likeness (QED) is 0.259. The van der Waals surface area contributed by atoms with Gasteiger partial charge in [0.25, 0.3) is 0 Å². The Kier molecular flexibility index (Phi) is 8.49. The third-order valence-corrected chi connectivity index (χ3v) is 6.70. The van der Waals surface area contributed by atoms with E-state index in [4.69, 9.17) is 4.74 Å². The van der Waals surface area contributed by atoms with Crippen molar-refractivity contribution in [3.05, 3.63) is 46.1 Å². The lowest BCUT2D eigenvalue weighted by atomic mass is 9.84. The van der Waals surface area contributed by atoms with Crippen LogP contribution in [0.15, 0.2) is 30.5 Å². The number of rotatable bonds is 10. The number of hydrogen-bond acceptors (Lipinski definition) is 10. The fourth-order valence-corrected chi connectivity index (χ4v) is 4.80. The van der Waals surface area contributed by atoms with Crippen molar-refractivity contribution in [1.29, 1.82) is 0 Å². The summed E-state index contributed by atoms with van der Waals surface area (Å²) in [6.07, 6.45) is 0.0415. The molecule has 2 N–H and O–H groups in total.